The molecule has 7 nitrogen and oxygen atoms in total. The number of aromatic nitrogens is 2. The molecule has 0 radical (unpaired) electrons. The molecule has 180 valence electrons. The van der Waals surface area contributed by atoms with E-state index in [2.05, 4.69) is 4.98 Å². The molecule has 1 saturated heterocycles. The molecular formula is C23H23Cl3N4O3S. The lowest BCUT2D eigenvalue weighted by Gasteiger charge is -2.24. The van der Waals surface area contributed by atoms with E-state index in [4.69, 9.17) is 40.5 Å². The second kappa shape index (κ2) is 11.8. The van der Waals surface area contributed by atoms with Crippen molar-refractivity contribution in [1.29, 1.82) is 0 Å². The van der Waals surface area contributed by atoms with Crippen LogP contribution < -0.4 is 5.73 Å². The first-order chi connectivity index (χ1) is 16.2. The highest BCUT2D eigenvalue weighted by molar-refractivity contribution is 7.98. The van der Waals surface area contributed by atoms with E-state index in [1.54, 1.807) is 58.2 Å². The Labute approximate surface area is 216 Å². The van der Waals surface area contributed by atoms with Gasteiger partial charge in [0.25, 0.3) is 0 Å². The van der Waals surface area contributed by atoms with Crippen molar-refractivity contribution < 1.29 is 14.7 Å². The molecule has 1 aliphatic rings. The average Bonchev–Trinajstić information content (AvgIpc) is 3.20. The highest BCUT2D eigenvalue weighted by Gasteiger charge is 2.24. The van der Waals surface area contributed by atoms with Crippen LogP contribution in [0.15, 0.2) is 47.5 Å². The highest BCUT2D eigenvalue weighted by Crippen LogP contribution is 2.36. The lowest BCUT2D eigenvalue weighted by Crippen LogP contribution is -2.39. The van der Waals surface area contributed by atoms with Gasteiger partial charge in [-0.3, -0.25) is 4.57 Å². The summed E-state index contributed by atoms with van der Waals surface area (Å²) in [5, 5.41) is 11.5. The first-order valence-electron chi connectivity index (χ1n) is 10.4. The van der Waals surface area contributed by atoms with Crippen LogP contribution in [0, 0.1) is 0 Å². The summed E-state index contributed by atoms with van der Waals surface area (Å²) >= 11 is 19.5. The number of piperidine rings is 1. The SMILES string of the molecule is CSc1c(C(=O)O)nc(-c2ccc(Cl)cc2Cl)n1-c1ccc(Cl)cc1.NC(=O)N1CCCCC1. The van der Waals surface area contributed by atoms with Gasteiger partial charge in [-0.2, -0.15) is 0 Å². The molecule has 1 fully saturated rings. The van der Waals surface area contributed by atoms with Crippen molar-refractivity contribution in [2.75, 3.05) is 19.3 Å². The van der Waals surface area contributed by atoms with Crippen LogP contribution in [0.5, 0.6) is 0 Å². The Balaban J connectivity index is 0.000000302. The Kier molecular flexibility index (Phi) is 9.13. The number of carboxylic acid groups (broad SMARTS) is 1. The zero-order valence-corrected chi connectivity index (χ0v) is 21.4. The van der Waals surface area contributed by atoms with E-state index in [-0.39, 0.29) is 11.7 Å². The minimum absolute atomic E-state index is 0.0385. The van der Waals surface area contributed by atoms with Crippen LogP contribution in [-0.4, -0.2) is 50.9 Å². The Morgan fingerprint density at radius 3 is 2.12 bits per heavy atom. The topological polar surface area (TPSA) is 101 Å². The first-order valence-corrected chi connectivity index (χ1v) is 12.7. The quantitative estimate of drug-likeness (QED) is 0.369. The first kappa shape index (κ1) is 26.2. The average molecular weight is 542 g/mol. The number of halogens is 3. The summed E-state index contributed by atoms with van der Waals surface area (Å²) in [5.74, 6) is -0.686. The van der Waals surface area contributed by atoms with Crippen LogP contribution in [0.25, 0.3) is 17.1 Å². The molecular weight excluding hydrogens is 519 g/mol. The summed E-state index contributed by atoms with van der Waals surface area (Å²) in [6.07, 6.45) is 5.26. The fraction of sp³-hybridized carbons (Fsp3) is 0.261. The molecule has 2 heterocycles. The zero-order chi connectivity index (χ0) is 24.8. The number of urea groups is 1. The smallest absolute Gasteiger partial charge is 0.357 e. The number of hydrogen-bond donors (Lipinski definition) is 2. The number of thioether (sulfide) groups is 1. The summed E-state index contributed by atoms with van der Waals surface area (Å²) < 4.78 is 1.75. The third kappa shape index (κ3) is 6.18. The standard InChI is InChI=1S/C17H11Cl3N2O2S.C6H12N2O/c1-25-16-14(17(23)24)21-15(12-7-4-10(19)8-13(12)20)22(16)11-5-2-9(18)3-6-11;7-6(9)8-4-2-1-3-5-8/h2-8H,1H3,(H,23,24);1-5H2,(H2,7,9). The van der Waals surface area contributed by atoms with E-state index in [0.29, 0.717) is 31.5 Å². The number of primary amides is 1. The van der Waals surface area contributed by atoms with Gasteiger partial charge in [0.15, 0.2) is 5.69 Å². The van der Waals surface area contributed by atoms with Gasteiger partial charge >= 0.3 is 12.0 Å². The molecule has 0 saturated carbocycles. The van der Waals surface area contributed by atoms with Gasteiger partial charge in [-0.15, -0.1) is 11.8 Å². The number of carbonyl (C=O) groups excluding carboxylic acids is 1. The van der Waals surface area contributed by atoms with E-state index < -0.39 is 5.97 Å². The number of benzene rings is 2. The Hall–Kier alpha value is -2.39. The number of nitrogens with zero attached hydrogens (tertiary/aromatic N) is 3. The van der Waals surface area contributed by atoms with Gasteiger partial charge in [-0.05, 0) is 68.0 Å². The van der Waals surface area contributed by atoms with Crippen LogP contribution in [0.1, 0.15) is 29.8 Å². The molecule has 34 heavy (non-hydrogen) atoms. The van der Waals surface area contributed by atoms with Gasteiger partial charge in [0, 0.05) is 34.4 Å². The number of carbonyl (C=O) groups is 2. The molecule has 0 spiro atoms. The number of likely N-dealkylation sites (tertiary alicyclic amines) is 1. The number of imidazole rings is 1. The molecule has 2 aromatic carbocycles. The Morgan fingerprint density at radius 1 is 1.00 bits per heavy atom. The lowest BCUT2D eigenvalue weighted by molar-refractivity contribution is 0.0686. The van der Waals surface area contributed by atoms with Gasteiger partial charge in [0.1, 0.15) is 10.9 Å². The molecule has 1 aliphatic heterocycles. The number of amides is 2. The molecule has 0 atom stereocenters. The second-order valence-electron chi connectivity index (χ2n) is 7.42. The Bertz CT molecular complexity index is 1180. The van der Waals surface area contributed by atoms with Crippen LogP contribution in [0.3, 0.4) is 0 Å². The minimum atomic E-state index is -1.11. The molecule has 3 aromatic rings. The maximum absolute atomic E-state index is 11.6. The van der Waals surface area contributed by atoms with E-state index in [0.717, 1.165) is 31.6 Å². The fourth-order valence-electron chi connectivity index (χ4n) is 3.53. The van der Waals surface area contributed by atoms with E-state index in [1.807, 2.05) is 0 Å². The number of rotatable bonds is 4. The van der Waals surface area contributed by atoms with Crippen LogP contribution in [-0.2, 0) is 0 Å². The fourth-order valence-corrected chi connectivity index (χ4v) is 4.85. The van der Waals surface area contributed by atoms with Gasteiger partial charge < -0.3 is 15.7 Å². The molecule has 0 aliphatic carbocycles. The van der Waals surface area contributed by atoms with E-state index in [1.165, 1.54) is 18.2 Å². The number of carboxylic acids is 1. The van der Waals surface area contributed by atoms with Crippen molar-refractivity contribution in [1.82, 2.24) is 14.5 Å². The summed E-state index contributed by atoms with van der Waals surface area (Å²) in [4.78, 5) is 28.2. The van der Waals surface area contributed by atoms with E-state index >= 15 is 0 Å². The van der Waals surface area contributed by atoms with Crippen molar-refractivity contribution in [3.05, 3.63) is 63.2 Å². The molecule has 0 unspecified atom stereocenters. The van der Waals surface area contributed by atoms with Gasteiger partial charge in [0.05, 0.1) is 5.02 Å². The third-order valence-electron chi connectivity index (χ3n) is 5.16. The number of hydrogen-bond acceptors (Lipinski definition) is 4. The lowest BCUT2D eigenvalue weighted by atomic mass is 10.1. The van der Waals surface area contributed by atoms with Gasteiger partial charge in [-0.25, -0.2) is 14.6 Å². The monoisotopic (exact) mass is 540 g/mol. The third-order valence-corrected chi connectivity index (χ3v) is 6.72. The van der Waals surface area contributed by atoms with Crippen LogP contribution >= 0.6 is 46.6 Å². The van der Waals surface area contributed by atoms with Gasteiger partial charge in [0.2, 0.25) is 0 Å². The molecule has 11 heteroatoms. The summed E-state index contributed by atoms with van der Waals surface area (Å²) in [5.41, 5.74) is 6.33. The molecule has 3 N–H and O–H groups in total. The molecule has 0 bridgehead atoms. The maximum Gasteiger partial charge on any atom is 0.357 e. The summed E-state index contributed by atoms with van der Waals surface area (Å²) in [6, 6.07) is 11.8. The summed E-state index contributed by atoms with van der Waals surface area (Å²) in [6.45, 7) is 1.71. The van der Waals surface area contributed by atoms with Crippen molar-refractivity contribution in [2.24, 2.45) is 5.73 Å². The molecule has 2 amide bonds. The molecule has 4 rings (SSSR count). The molecule has 1 aromatic heterocycles. The van der Waals surface area contributed by atoms with Crippen LogP contribution in [0.2, 0.25) is 15.1 Å². The van der Waals surface area contributed by atoms with Crippen molar-refractivity contribution in [3.8, 4) is 17.1 Å². The summed E-state index contributed by atoms with van der Waals surface area (Å²) in [7, 11) is 0. The van der Waals surface area contributed by atoms with Crippen molar-refractivity contribution >= 4 is 58.6 Å². The zero-order valence-electron chi connectivity index (χ0n) is 18.3. The Morgan fingerprint density at radius 2 is 1.62 bits per heavy atom. The normalized spacial score (nSPS) is 13.2. The van der Waals surface area contributed by atoms with Crippen LogP contribution in [0.4, 0.5) is 4.79 Å². The van der Waals surface area contributed by atoms with Crippen molar-refractivity contribution in [2.45, 2.75) is 24.3 Å². The van der Waals surface area contributed by atoms with Crippen molar-refractivity contribution in [3.63, 3.8) is 0 Å². The van der Waals surface area contributed by atoms with Gasteiger partial charge in [-0.1, -0.05) is 34.8 Å². The van der Waals surface area contributed by atoms with E-state index in [9.17, 15) is 14.7 Å². The predicted octanol–water partition coefficient (Wildman–Crippen LogP) is 6.47. The number of aromatic carboxylic acids is 1. The number of nitrogens with two attached hydrogens (primary N) is 1. The highest BCUT2D eigenvalue weighted by atomic mass is 35.5. The predicted molar refractivity (Wildman–Crippen MR) is 138 cm³/mol. The second-order valence-corrected chi connectivity index (χ2v) is 9.50. The minimum Gasteiger partial charge on any atom is -0.476 e. The maximum atomic E-state index is 11.6. The largest absolute Gasteiger partial charge is 0.476 e.